The maximum absolute atomic E-state index is 12.1. The maximum Gasteiger partial charge on any atom is 0.253 e. The smallest absolute Gasteiger partial charge is 0.253 e. The van der Waals surface area contributed by atoms with Crippen molar-refractivity contribution in [1.82, 2.24) is 15.5 Å². The van der Waals surface area contributed by atoms with Crippen LogP contribution < -0.4 is 15.4 Å². The summed E-state index contributed by atoms with van der Waals surface area (Å²) in [5.41, 5.74) is 1.80. The highest BCUT2D eigenvalue weighted by Crippen LogP contribution is 2.15. The summed E-state index contributed by atoms with van der Waals surface area (Å²) in [6.45, 7) is 1.84. The molecule has 0 unspecified atom stereocenters. The summed E-state index contributed by atoms with van der Waals surface area (Å²) in [7, 11) is 5.23. The molecule has 0 atom stereocenters. The van der Waals surface area contributed by atoms with Crippen LogP contribution in [-0.2, 0) is 6.42 Å². The lowest BCUT2D eigenvalue weighted by Crippen LogP contribution is -2.40. The van der Waals surface area contributed by atoms with Gasteiger partial charge in [0, 0.05) is 38.3 Å². The third-order valence-corrected chi connectivity index (χ3v) is 4.24. The number of carbonyl (C=O) groups excluding carboxylic acids is 1. The topological polar surface area (TPSA) is 66.0 Å². The van der Waals surface area contributed by atoms with Gasteiger partial charge >= 0.3 is 0 Å². The van der Waals surface area contributed by atoms with Crippen LogP contribution in [0.4, 0.5) is 0 Å². The highest BCUT2D eigenvalue weighted by Gasteiger charge is 2.08. The van der Waals surface area contributed by atoms with Crippen molar-refractivity contribution in [3.63, 3.8) is 0 Å². The van der Waals surface area contributed by atoms with E-state index in [-0.39, 0.29) is 5.91 Å². The predicted molar refractivity (Wildman–Crippen MR) is 114 cm³/mol. The van der Waals surface area contributed by atoms with Crippen molar-refractivity contribution < 1.29 is 9.53 Å². The fraction of sp³-hybridized carbons (Fsp3) is 0.333. The van der Waals surface area contributed by atoms with Gasteiger partial charge in [0.25, 0.3) is 5.91 Å². The van der Waals surface area contributed by atoms with Gasteiger partial charge in [0.15, 0.2) is 5.96 Å². The molecule has 0 aromatic heterocycles. The van der Waals surface area contributed by atoms with E-state index in [1.54, 1.807) is 38.2 Å². The normalized spacial score (nSPS) is 11.1. The second-order valence-corrected chi connectivity index (χ2v) is 6.81. The number of amides is 1. The van der Waals surface area contributed by atoms with Crippen molar-refractivity contribution in [3.05, 3.63) is 64.7 Å². The van der Waals surface area contributed by atoms with Gasteiger partial charge in [-0.1, -0.05) is 23.7 Å². The van der Waals surface area contributed by atoms with Crippen molar-refractivity contribution in [3.8, 4) is 5.75 Å². The Morgan fingerprint density at radius 2 is 1.82 bits per heavy atom. The van der Waals surface area contributed by atoms with E-state index in [2.05, 4.69) is 15.6 Å². The van der Waals surface area contributed by atoms with E-state index in [0.29, 0.717) is 36.2 Å². The van der Waals surface area contributed by atoms with Gasteiger partial charge in [0.1, 0.15) is 12.4 Å². The first kappa shape index (κ1) is 21.6. The minimum atomic E-state index is 0.00738. The largest absolute Gasteiger partial charge is 0.492 e. The van der Waals surface area contributed by atoms with Gasteiger partial charge in [0.05, 0.1) is 6.54 Å². The number of ether oxygens (including phenoxy) is 1. The SMILES string of the molecule is CN=C(NCCOc1ccc(Cl)cc1)NCCc1cccc(C(=O)N(C)C)c1. The quantitative estimate of drug-likeness (QED) is 0.405. The Balaban J connectivity index is 1.71. The molecular weight excluding hydrogens is 376 g/mol. The standard InChI is InChI=1S/C21H27ClN4O2/c1-23-21(25-13-14-28-19-9-7-18(22)8-10-19)24-12-11-16-5-4-6-17(15-16)20(27)26(2)3/h4-10,15H,11-14H2,1-3H3,(H2,23,24,25). The van der Waals surface area contributed by atoms with Gasteiger partial charge in [-0.15, -0.1) is 0 Å². The molecular formula is C21H27ClN4O2. The third-order valence-electron chi connectivity index (χ3n) is 3.99. The molecule has 0 radical (unpaired) electrons. The van der Waals surface area contributed by atoms with Crippen LogP contribution in [0.2, 0.25) is 5.02 Å². The molecule has 2 rings (SSSR count). The van der Waals surface area contributed by atoms with Crippen molar-refractivity contribution >= 4 is 23.5 Å². The number of carbonyl (C=O) groups is 1. The average Bonchev–Trinajstić information content (AvgIpc) is 2.70. The molecule has 7 heteroatoms. The molecule has 1 amide bonds. The van der Waals surface area contributed by atoms with E-state index >= 15 is 0 Å². The summed E-state index contributed by atoms with van der Waals surface area (Å²) >= 11 is 5.85. The number of rotatable bonds is 8. The maximum atomic E-state index is 12.1. The van der Waals surface area contributed by atoms with Crippen LogP contribution in [0.5, 0.6) is 5.75 Å². The number of hydrogen-bond donors (Lipinski definition) is 2. The average molecular weight is 403 g/mol. The summed E-state index contributed by atoms with van der Waals surface area (Å²) in [6.07, 6.45) is 0.788. The van der Waals surface area contributed by atoms with Crippen LogP contribution in [0.3, 0.4) is 0 Å². The number of aliphatic imine (C=N–C) groups is 1. The zero-order valence-electron chi connectivity index (χ0n) is 16.5. The molecule has 6 nitrogen and oxygen atoms in total. The van der Waals surface area contributed by atoms with Gasteiger partial charge in [0.2, 0.25) is 0 Å². The number of benzene rings is 2. The Labute approximate surface area is 171 Å². The van der Waals surface area contributed by atoms with E-state index < -0.39 is 0 Å². The summed E-state index contributed by atoms with van der Waals surface area (Å²) in [4.78, 5) is 17.8. The van der Waals surface area contributed by atoms with Crippen molar-refractivity contribution in [2.75, 3.05) is 40.8 Å². The second-order valence-electron chi connectivity index (χ2n) is 6.38. The molecule has 28 heavy (non-hydrogen) atoms. The number of guanidine groups is 1. The molecule has 0 saturated heterocycles. The zero-order chi connectivity index (χ0) is 20.4. The Morgan fingerprint density at radius 1 is 1.11 bits per heavy atom. The molecule has 2 aromatic carbocycles. The van der Waals surface area contributed by atoms with Crippen molar-refractivity contribution in [1.29, 1.82) is 0 Å². The molecule has 0 heterocycles. The fourth-order valence-corrected chi connectivity index (χ4v) is 2.66. The monoisotopic (exact) mass is 402 g/mol. The molecule has 2 aromatic rings. The summed E-state index contributed by atoms with van der Waals surface area (Å²) in [5, 5.41) is 7.16. The molecule has 0 bridgehead atoms. The molecule has 2 N–H and O–H groups in total. The fourth-order valence-electron chi connectivity index (χ4n) is 2.53. The predicted octanol–water partition coefficient (Wildman–Crippen LogP) is 2.83. The second kappa shape index (κ2) is 11.2. The third kappa shape index (κ3) is 7.12. The number of nitrogens with one attached hydrogen (secondary N) is 2. The Hall–Kier alpha value is -2.73. The van der Waals surface area contributed by atoms with E-state index in [0.717, 1.165) is 17.7 Å². The van der Waals surface area contributed by atoms with Gasteiger partial charge in [-0.3, -0.25) is 9.79 Å². The highest BCUT2D eigenvalue weighted by molar-refractivity contribution is 6.30. The van der Waals surface area contributed by atoms with Gasteiger partial charge in [-0.2, -0.15) is 0 Å². The van der Waals surface area contributed by atoms with E-state index in [1.807, 2.05) is 36.4 Å². The Kier molecular flexibility index (Phi) is 8.62. The summed E-state index contributed by atoms with van der Waals surface area (Å²) in [6, 6.07) is 15.0. The lowest BCUT2D eigenvalue weighted by Gasteiger charge is -2.13. The molecule has 0 fully saturated rings. The Morgan fingerprint density at radius 3 is 2.50 bits per heavy atom. The molecule has 0 spiro atoms. The molecule has 0 aliphatic heterocycles. The van der Waals surface area contributed by atoms with Crippen LogP contribution in [0.15, 0.2) is 53.5 Å². The zero-order valence-corrected chi connectivity index (χ0v) is 17.3. The van der Waals surface area contributed by atoms with Crippen LogP contribution in [0.1, 0.15) is 15.9 Å². The number of halogens is 1. The molecule has 0 aliphatic rings. The van der Waals surface area contributed by atoms with E-state index in [4.69, 9.17) is 16.3 Å². The van der Waals surface area contributed by atoms with Crippen molar-refractivity contribution in [2.24, 2.45) is 4.99 Å². The first-order chi connectivity index (χ1) is 13.5. The highest BCUT2D eigenvalue weighted by atomic mass is 35.5. The minimum Gasteiger partial charge on any atom is -0.492 e. The first-order valence-corrected chi connectivity index (χ1v) is 9.51. The number of hydrogen-bond acceptors (Lipinski definition) is 3. The summed E-state index contributed by atoms with van der Waals surface area (Å²) < 4.78 is 5.64. The van der Waals surface area contributed by atoms with Gasteiger partial charge in [-0.25, -0.2) is 0 Å². The number of nitrogens with zero attached hydrogens (tertiary/aromatic N) is 2. The van der Waals surface area contributed by atoms with E-state index in [1.165, 1.54) is 0 Å². The van der Waals surface area contributed by atoms with Crippen molar-refractivity contribution in [2.45, 2.75) is 6.42 Å². The Bertz CT molecular complexity index is 791. The van der Waals surface area contributed by atoms with E-state index in [9.17, 15) is 4.79 Å². The van der Waals surface area contributed by atoms with Crippen LogP contribution in [0.25, 0.3) is 0 Å². The minimum absolute atomic E-state index is 0.00738. The lowest BCUT2D eigenvalue weighted by molar-refractivity contribution is 0.0827. The lowest BCUT2D eigenvalue weighted by atomic mass is 10.1. The molecule has 0 aliphatic carbocycles. The van der Waals surface area contributed by atoms with Gasteiger partial charge < -0.3 is 20.3 Å². The summed E-state index contributed by atoms with van der Waals surface area (Å²) in [5.74, 6) is 1.49. The van der Waals surface area contributed by atoms with Gasteiger partial charge in [-0.05, 0) is 48.4 Å². The molecule has 0 saturated carbocycles. The first-order valence-electron chi connectivity index (χ1n) is 9.13. The van der Waals surface area contributed by atoms with Crippen LogP contribution in [-0.4, -0.2) is 57.6 Å². The molecule has 150 valence electrons. The van der Waals surface area contributed by atoms with Crippen LogP contribution in [0, 0.1) is 0 Å². The van der Waals surface area contributed by atoms with Crippen LogP contribution >= 0.6 is 11.6 Å².